The number of nitrogens with two attached hydrogens (primary N) is 1. The van der Waals surface area contributed by atoms with E-state index in [9.17, 15) is 13.2 Å². The van der Waals surface area contributed by atoms with Crippen LogP contribution < -0.4 is 11.1 Å². The average Bonchev–Trinajstić information content (AvgIpc) is 2.35. The van der Waals surface area contributed by atoms with Crippen molar-refractivity contribution < 1.29 is 13.2 Å². The molecule has 4 nitrogen and oxygen atoms in total. The number of benzene rings is 1. The van der Waals surface area contributed by atoms with Crippen LogP contribution in [-0.2, 0) is 0 Å². The van der Waals surface area contributed by atoms with Gasteiger partial charge in [-0.2, -0.15) is 13.8 Å². The largest absolute Gasteiger partial charge is 0.368 e. The van der Waals surface area contributed by atoms with Crippen molar-refractivity contribution in [1.82, 2.24) is 9.97 Å². The van der Waals surface area contributed by atoms with E-state index in [4.69, 9.17) is 5.73 Å². The van der Waals surface area contributed by atoms with Gasteiger partial charge in [0, 0.05) is 4.90 Å². The monoisotopic (exact) mass is 286 g/mol. The second kappa shape index (κ2) is 5.79. The van der Waals surface area contributed by atoms with Crippen LogP contribution in [0.2, 0.25) is 0 Å². The van der Waals surface area contributed by atoms with Gasteiger partial charge in [-0.25, -0.2) is 9.37 Å². The maximum atomic E-state index is 13.5. The molecular formula is C11H9F3N4S. The number of nitrogens with one attached hydrogen (secondary N) is 1. The van der Waals surface area contributed by atoms with E-state index >= 15 is 0 Å². The van der Waals surface area contributed by atoms with Gasteiger partial charge in [0.2, 0.25) is 5.95 Å². The minimum atomic E-state index is -2.57. The zero-order valence-corrected chi connectivity index (χ0v) is 10.3. The van der Waals surface area contributed by atoms with Crippen molar-refractivity contribution >= 4 is 29.2 Å². The molecule has 1 heterocycles. The Kier molecular flexibility index (Phi) is 4.10. The summed E-state index contributed by atoms with van der Waals surface area (Å²) in [5.74, 6) is -3.55. The second-order valence-corrected chi connectivity index (χ2v) is 4.46. The highest BCUT2D eigenvalue weighted by Crippen LogP contribution is 2.33. The smallest absolute Gasteiger partial charge is 0.288 e. The van der Waals surface area contributed by atoms with E-state index in [-0.39, 0.29) is 16.7 Å². The van der Waals surface area contributed by atoms with Crippen LogP contribution in [0, 0.1) is 5.82 Å². The Hall–Kier alpha value is -1.96. The van der Waals surface area contributed by atoms with Crippen molar-refractivity contribution in [2.45, 2.75) is 10.7 Å². The lowest BCUT2D eigenvalue weighted by Gasteiger charge is -2.11. The van der Waals surface area contributed by atoms with Crippen LogP contribution in [0.4, 0.5) is 30.6 Å². The number of nitrogen functional groups attached to an aromatic ring is 1. The van der Waals surface area contributed by atoms with Crippen LogP contribution >= 0.6 is 11.8 Å². The Morgan fingerprint density at radius 3 is 2.74 bits per heavy atom. The fraction of sp³-hybridized carbons (Fsp3) is 0.0909. The topological polar surface area (TPSA) is 63.8 Å². The van der Waals surface area contributed by atoms with Crippen LogP contribution in [0.15, 0.2) is 35.4 Å². The summed E-state index contributed by atoms with van der Waals surface area (Å²) in [6.07, 6.45) is 0.910. The average molecular weight is 286 g/mol. The third-order valence-corrected chi connectivity index (χ3v) is 2.91. The lowest BCUT2D eigenvalue weighted by Crippen LogP contribution is -2.03. The molecule has 2 rings (SSSR count). The van der Waals surface area contributed by atoms with Crippen LogP contribution in [0.5, 0.6) is 0 Å². The van der Waals surface area contributed by atoms with E-state index in [0.29, 0.717) is 17.4 Å². The van der Waals surface area contributed by atoms with E-state index < -0.39 is 11.6 Å². The molecule has 0 saturated carbocycles. The molecule has 0 aliphatic carbocycles. The zero-order chi connectivity index (χ0) is 13.8. The molecule has 0 radical (unpaired) electrons. The first-order valence-electron chi connectivity index (χ1n) is 5.15. The van der Waals surface area contributed by atoms with Gasteiger partial charge in [0.15, 0.2) is 11.6 Å². The SMILES string of the molecule is Nc1ncc(F)c(Nc2ccccc2SC(F)F)n1. The fourth-order valence-electron chi connectivity index (χ4n) is 1.36. The van der Waals surface area contributed by atoms with Crippen molar-refractivity contribution in [2.24, 2.45) is 0 Å². The predicted molar refractivity (Wildman–Crippen MR) is 68.0 cm³/mol. The van der Waals surface area contributed by atoms with Crippen molar-refractivity contribution in [2.75, 3.05) is 11.1 Å². The Morgan fingerprint density at radius 2 is 2.00 bits per heavy atom. The number of thioether (sulfide) groups is 1. The fourth-order valence-corrected chi connectivity index (χ4v) is 1.96. The molecule has 0 atom stereocenters. The minimum absolute atomic E-state index is 0.108. The molecule has 1 aromatic heterocycles. The molecule has 0 spiro atoms. The zero-order valence-electron chi connectivity index (χ0n) is 9.48. The lowest BCUT2D eigenvalue weighted by atomic mass is 10.3. The number of nitrogens with zero attached hydrogens (tertiary/aromatic N) is 2. The van der Waals surface area contributed by atoms with Gasteiger partial charge in [0.05, 0.1) is 11.9 Å². The molecule has 8 heteroatoms. The van der Waals surface area contributed by atoms with Gasteiger partial charge in [0.25, 0.3) is 5.76 Å². The van der Waals surface area contributed by atoms with Gasteiger partial charge in [0.1, 0.15) is 0 Å². The number of hydrogen-bond acceptors (Lipinski definition) is 5. The summed E-state index contributed by atoms with van der Waals surface area (Å²) in [6.45, 7) is 0. The van der Waals surface area contributed by atoms with E-state index in [1.165, 1.54) is 6.07 Å². The molecule has 0 saturated heterocycles. The van der Waals surface area contributed by atoms with Gasteiger partial charge in [-0.3, -0.25) is 0 Å². The Bertz CT molecular complexity index is 580. The Labute approximate surface area is 111 Å². The van der Waals surface area contributed by atoms with Crippen LogP contribution in [0.3, 0.4) is 0 Å². The maximum absolute atomic E-state index is 13.5. The summed E-state index contributed by atoms with van der Waals surface area (Å²) in [5, 5.41) is 2.63. The molecule has 19 heavy (non-hydrogen) atoms. The van der Waals surface area contributed by atoms with E-state index in [1.54, 1.807) is 18.2 Å². The minimum Gasteiger partial charge on any atom is -0.368 e. The van der Waals surface area contributed by atoms with E-state index in [1.807, 2.05) is 0 Å². The number of hydrogen-bond donors (Lipinski definition) is 2. The van der Waals surface area contributed by atoms with E-state index in [0.717, 1.165) is 6.20 Å². The van der Waals surface area contributed by atoms with Crippen LogP contribution in [0.1, 0.15) is 0 Å². The molecule has 0 aliphatic heterocycles. The van der Waals surface area contributed by atoms with Crippen molar-refractivity contribution in [1.29, 1.82) is 0 Å². The van der Waals surface area contributed by atoms with Crippen molar-refractivity contribution in [3.8, 4) is 0 Å². The molecule has 100 valence electrons. The number of rotatable bonds is 4. The van der Waals surface area contributed by atoms with Gasteiger partial charge >= 0.3 is 0 Å². The first-order valence-corrected chi connectivity index (χ1v) is 6.03. The normalized spacial score (nSPS) is 10.7. The quantitative estimate of drug-likeness (QED) is 0.845. The highest BCUT2D eigenvalue weighted by molar-refractivity contribution is 7.99. The highest BCUT2D eigenvalue weighted by Gasteiger charge is 2.12. The van der Waals surface area contributed by atoms with Crippen LogP contribution in [0.25, 0.3) is 0 Å². The predicted octanol–water partition coefficient (Wildman–Crippen LogP) is 3.26. The van der Waals surface area contributed by atoms with Gasteiger partial charge < -0.3 is 11.1 Å². The summed E-state index contributed by atoms with van der Waals surface area (Å²) in [4.78, 5) is 7.44. The number of para-hydroxylation sites is 1. The standard InChI is InChI=1S/C11H9F3N4S/c12-6-5-16-11(15)18-9(6)17-7-3-1-2-4-8(7)19-10(13)14/h1-5,10H,(H3,15,16,17,18). The number of aromatic nitrogens is 2. The molecule has 2 aromatic rings. The first kappa shape index (κ1) is 13.5. The third kappa shape index (κ3) is 3.50. The van der Waals surface area contributed by atoms with Gasteiger partial charge in [-0.15, -0.1) is 0 Å². The summed E-state index contributed by atoms with van der Waals surface area (Å²) in [7, 11) is 0. The summed E-state index contributed by atoms with van der Waals surface area (Å²) in [6, 6.07) is 6.30. The molecule has 3 N–H and O–H groups in total. The third-order valence-electron chi connectivity index (χ3n) is 2.12. The molecule has 0 aliphatic rings. The van der Waals surface area contributed by atoms with E-state index in [2.05, 4.69) is 15.3 Å². The molecule has 0 bridgehead atoms. The molecule has 0 fully saturated rings. The maximum Gasteiger partial charge on any atom is 0.288 e. The number of halogens is 3. The second-order valence-electron chi connectivity index (χ2n) is 3.42. The highest BCUT2D eigenvalue weighted by atomic mass is 32.2. The Morgan fingerprint density at radius 1 is 1.26 bits per heavy atom. The van der Waals surface area contributed by atoms with Crippen LogP contribution in [-0.4, -0.2) is 15.7 Å². The molecule has 0 amide bonds. The summed E-state index contributed by atoms with van der Waals surface area (Å²) < 4.78 is 38.2. The molecule has 1 aromatic carbocycles. The lowest BCUT2D eigenvalue weighted by molar-refractivity contribution is 0.252. The number of anilines is 3. The van der Waals surface area contributed by atoms with Crippen molar-refractivity contribution in [3.63, 3.8) is 0 Å². The summed E-state index contributed by atoms with van der Waals surface area (Å²) in [5.41, 5.74) is 5.67. The number of alkyl halides is 2. The Balaban J connectivity index is 2.30. The van der Waals surface area contributed by atoms with Gasteiger partial charge in [-0.1, -0.05) is 23.9 Å². The summed E-state index contributed by atoms with van der Waals surface area (Å²) >= 11 is 0.361. The molecule has 0 unspecified atom stereocenters. The van der Waals surface area contributed by atoms with Crippen molar-refractivity contribution in [3.05, 3.63) is 36.3 Å². The first-order chi connectivity index (χ1) is 9.06. The van der Waals surface area contributed by atoms with Gasteiger partial charge in [-0.05, 0) is 12.1 Å². The molecular weight excluding hydrogens is 277 g/mol.